The van der Waals surface area contributed by atoms with Crippen molar-refractivity contribution in [3.63, 3.8) is 0 Å². The van der Waals surface area contributed by atoms with Crippen LogP contribution < -0.4 is 5.32 Å². The number of piperidine rings is 1. The number of benzene rings is 2. The van der Waals surface area contributed by atoms with Gasteiger partial charge in [0.1, 0.15) is 5.75 Å². The molecule has 0 saturated carbocycles. The van der Waals surface area contributed by atoms with Crippen molar-refractivity contribution >= 4 is 11.8 Å². The van der Waals surface area contributed by atoms with Crippen LogP contribution in [0.2, 0.25) is 0 Å². The van der Waals surface area contributed by atoms with Gasteiger partial charge < -0.3 is 15.3 Å². The number of hydrogen-bond donors (Lipinski definition) is 2. The molecule has 1 saturated heterocycles. The third-order valence-corrected chi connectivity index (χ3v) is 5.30. The number of carbonyl (C=O) groups is 2. The van der Waals surface area contributed by atoms with E-state index in [9.17, 15) is 14.7 Å². The van der Waals surface area contributed by atoms with Crippen molar-refractivity contribution in [1.82, 2.24) is 10.2 Å². The number of nitrogens with one attached hydrogen (secondary N) is 1. The molecule has 2 aromatic rings. The minimum atomic E-state index is 0.0770. The highest BCUT2D eigenvalue weighted by molar-refractivity contribution is 5.77. The van der Waals surface area contributed by atoms with Crippen LogP contribution in [0.1, 0.15) is 36.8 Å². The van der Waals surface area contributed by atoms with Gasteiger partial charge in [-0.1, -0.05) is 48.5 Å². The van der Waals surface area contributed by atoms with Gasteiger partial charge >= 0.3 is 0 Å². The number of hydrogen-bond acceptors (Lipinski definition) is 3. The molecule has 0 radical (unpaired) electrons. The van der Waals surface area contributed by atoms with Gasteiger partial charge in [0, 0.05) is 32.0 Å². The molecule has 0 aliphatic carbocycles. The molecular formula is C23H28N2O3. The fraction of sp³-hybridized carbons (Fsp3) is 0.391. The maximum Gasteiger partial charge on any atom is 0.222 e. The molecule has 2 N–H and O–H groups in total. The van der Waals surface area contributed by atoms with Crippen molar-refractivity contribution in [2.75, 3.05) is 13.1 Å². The van der Waals surface area contributed by atoms with E-state index >= 15 is 0 Å². The Morgan fingerprint density at radius 3 is 2.32 bits per heavy atom. The first-order chi connectivity index (χ1) is 13.6. The lowest BCUT2D eigenvalue weighted by molar-refractivity contribution is -0.132. The van der Waals surface area contributed by atoms with Gasteiger partial charge in [-0.25, -0.2) is 0 Å². The molecule has 2 aromatic carbocycles. The fourth-order valence-electron chi connectivity index (χ4n) is 3.60. The summed E-state index contributed by atoms with van der Waals surface area (Å²) in [4.78, 5) is 26.5. The van der Waals surface area contributed by atoms with E-state index in [1.54, 1.807) is 12.1 Å². The predicted octanol–water partition coefficient (Wildman–Crippen LogP) is 3.06. The van der Waals surface area contributed by atoms with Gasteiger partial charge in [0.2, 0.25) is 11.8 Å². The van der Waals surface area contributed by atoms with Crippen LogP contribution in [0.15, 0.2) is 54.6 Å². The van der Waals surface area contributed by atoms with Crippen molar-refractivity contribution in [3.8, 4) is 5.75 Å². The van der Waals surface area contributed by atoms with Crippen LogP contribution >= 0.6 is 0 Å². The van der Waals surface area contributed by atoms with E-state index < -0.39 is 0 Å². The minimum Gasteiger partial charge on any atom is -0.508 e. The second-order valence-corrected chi connectivity index (χ2v) is 7.34. The minimum absolute atomic E-state index is 0.0770. The Labute approximate surface area is 166 Å². The summed E-state index contributed by atoms with van der Waals surface area (Å²) in [5.41, 5.74) is 1.97. The first-order valence-electron chi connectivity index (χ1n) is 10.00. The zero-order chi connectivity index (χ0) is 19.8. The molecule has 0 bridgehead atoms. The van der Waals surface area contributed by atoms with E-state index in [1.165, 1.54) is 5.56 Å². The summed E-state index contributed by atoms with van der Waals surface area (Å²) in [5, 5.41) is 12.9. The van der Waals surface area contributed by atoms with Gasteiger partial charge in [-0.3, -0.25) is 9.59 Å². The monoisotopic (exact) mass is 380 g/mol. The molecule has 0 unspecified atom stereocenters. The number of amides is 2. The van der Waals surface area contributed by atoms with E-state index in [2.05, 4.69) is 5.32 Å². The van der Waals surface area contributed by atoms with Crippen LogP contribution in [-0.4, -0.2) is 41.0 Å². The van der Waals surface area contributed by atoms with Crippen molar-refractivity contribution in [2.24, 2.45) is 0 Å². The average Bonchev–Trinajstić information content (AvgIpc) is 2.73. The Balaban J connectivity index is 1.36. The summed E-state index contributed by atoms with van der Waals surface area (Å²) in [6, 6.07) is 17.3. The standard InChI is InChI=1S/C23H28N2O3/c26-21-9-5-4-8-19(21)11-13-23(28)25-16-14-20(15-17-25)24-22(27)12-10-18-6-2-1-3-7-18/h1-9,20,26H,10-17H2,(H,24,27). The lowest BCUT2D eigenvalue weighted by Crippen LogP contribution is -2.46. The predicted molar refractivity (Wildman–Crippen MR) is 109 cm³/mol. The van der Waals surface area contributed by atoms with Crippen molar-refractivity contribution < 1.29 is 14.7 Å². The van der Waals surface area contributed by atoms with E-state index in [0.717, 1.165) is 24.8 Å². The second-order valence-electron chi connectivity index (χ2n) is 7.34. The summed E-state index contributed by atoms with van der Waals surface area (Å²) in [6.07, 6.45) is 3.76. The molecule has 5 heteroatoms. The average molecular weight is 380 g/mol. The number of carbonyl (C=O) groups excluding carboxylic acids is 2. The van der Waals surface area contributed by atoms with Gasteiger partial charge in [-0.05, 0) is 42.9 Å². The molecule has 0 spiro atoms. The highest BCUT2D eigenvalue weighted by Crippen LogP contribution is 2.19. The number of phenolic OH excluding ortho intramolecular Hbond substituents is 1. The molecule has 28 heavy (non-hydrogen) atoms. The van der Waals surface area contributed by atoms with Crippen molar-refractivity contribution in [3.05, 3.63) is 65.7 Å². The molecule has 1 aliphatic heterocycles. The lowest BCUT2D eigenvalue weighted by Gasteiger charge is -2.32. The summed E-state index contributed by atoms with van der Waals surface area (Å²) >= 11 is 0. The largest absolute Gasteiger partial charge is 0.508 e. The van der Waals surface area contributed by atoms with Crippen LogP contribution in [0.3, 0.4) is 0 Å². The smallest absolute Gasteiger partial charge is 0.222 e. The third-order valence-electron chi connectivity index (χ3n) is 5.30. The van der Waals surface area contributed by atoms with Gasteiger partial charge in [0.05, 0.1) is 0 Å². The quantitative estimate of drug-likeness (QED) is 0.776. The molecule has 0 atom stereocenters. The fourth-order valence-corrected chi connectivity index (χ4v) is 3.60. The molecule has 148 valence electrons. The number of para-hydroxylation sites is 1. The Morgan fingerprint density at radius 2 is 1.61 bits per heavy atom. The summed E-state index contributed by atoms with van der Waals surface area (Å²) in [5.74, 6) is 0.428. The van der Waals surface area contributed by atoms with Gasteiger partial charge in [0.25, 0.3) is 0 Å². The first kappa shape index (κ1) is 19.9. The van der Waals surface area contributed by atoms with Crippen molar-refractivity contribution in [2.45, 2.75) is 44.6 Å². The summed E-state index contributed by atoms with van der Waals surface area (Å²) in [7, 11) is 0. The van der Waals surface area contributed by atoms with Gasteiger partial charge in [0.15, 0.2) is 0 Å². The number of rotatable bonds is 7. The van der Waals surface area contributed by atoms with Gasteiger partial charge in [-0.15, -0.1) is 0 Å². The number of aryl methyl sites for hydroxylation is 2. The Bertz CT molecular complexity index is 783. The van der Waals surface area contributed by atoms with E-state index in [1.807, 2.05) is 47.4 Å². The normalized spacial score (nSPS) is 14.6. The molecule has 3 rings (SSSR count). The van der Waals surface area contributed by atoms with Crippen molar-refractivity contribution in [1.29, 1.82) is 0 Å². The molecule has 5 nitrogen and oxygen atoms in total. The van der Waals surface area contributed by atoms with Crippen LogP contribution in [0.4, 0.5) is 0 Å². The number of likely N-dealkylation sites (tertiary alicyclic amines) is 1. The Kier molecular flexibility index (Phi) is 7.06. The van der Waals surface area contributed by atoms with E-state index in [4.69, 9.17) is 0 Å². The van der Waals surface area contributed by atoms with Crippen LogP contribution in [0, 0.1) is 0 Å². The van der Waals surface area contributed by atoms with Crippen LogP contribution in [0.25, 0.3) is 0 Å². The number of phenols is 1. The third kappa shape index (κ3) is 5.84. The first-order valence-corrected chi connectivity index (χ1v) is 10.00. The second kappa shape index (κ2) is 9.93. The van der Waals surface area contributed by atoms with E-state index in [-0.39, 0.29) is 23.6 Å². The van der Waals surface area contributed by atoms with Crippen LogP contribution in [0.5, 0.6) is 5.75 Å². The molecule has 1 aliphatic rings. The summed E-state index contributed by atoms with van der Waals surface area (Å²) < 4.78 is 0. The van der Waals surface area contributed by atoms with E-state index in [0.29, 0.717) is 32.4 Å². The number of nitrogens with zero attached hydrogens (tertiary/aromatic N) is 1. The summed E-state index contributed by atoms with van der Waals surface area (Å²) in [6.45, 7) is 1.34. The molecule has 1 fully saturated rings. The van der Waals surface area contributed by atoms with Crippen LogP contribution in [-0.2, 0) is 22.4 Å². The highest BCUT2D eigenvalue weighted by Gasteiger charge is 2.23. The molecular weight excluding hydrogens is 352 g/mol. The highest BCUT2D eigenvalue weighted by atomic mass is 16.3. The zero-order valence-electron chi connectivity index (χ0n) is 16.1. The zero-order valence-corrected chi connectivity index (χ0v) is 16.1. The maximum atomic E-state index is 12.4. The molecule has 2 amide bonds. The Hall–Kier alpha value is -2.82. The lowest BCUT2D eigenvalue weighted by atomic mass is 10.0. The number of aromatic hydroxyl groups is 1. The molecule has 1 heterocycles. The maximum absolute atomic E-state index is 12.4. The van der Waals surface area contributed by atoms with Gasteiger partial charge in [-0.2, -0.15) is 0 Å². The molecule has 0 aromatic heterocycles. The Morgan fingerprint density at radius 1 is 0.929 bits per heavy atom. The topological polar surface area (TPSA) is 69.6 Å². The SMILES string of the molecule is O=C(CCc1ccccc1)NC1CCN(C(=O)CCc2ccccc2O)CC1.